The third-order valence-corrected chi connectivity index (χ3v) is 3.17. The van der Waals surface area contributed by atoms with Crippen molar-refractivity contribution < 1.29 is 4.74 Å². The van der Waals surface area contributed by atoms with Crippen LogP contribution < -0.4 is 4.74 Å². The van der Waals surface area contributed by atoms with Crippen LogP contribution in [0.1, 0.15) is 44.1 Å². The maximum absolute atomic E-state index is 5.72. The molecule has 0 N–H and O–H groups in total. The molecule has 1 aromatic carbocycles. The molecule has 82 valence electrons. The van der Waals surface area contributed by atoms with Crippen LogP contribution in [0.15, 0.2) is 22.7 Å². The summed E-state index contributed by atoms with van der Waals surface area (Å²) < 4.78 is 6.85. The first kappa shape index (κ1) is 11.0. The summed E-state index contributed by atoms with van der Waals surface area (Å²) in [7, 11) is 0. The van der Waals surface area contributed by atoms with Gasteiger partial charge in [-0.3, -0.25) is 0 Å². The average molecular weight is 269 g/mol. The molecule has 1 aromatic rings. The fourth-order valence-corrected chi connectivity index (χ4v) is 2.14. The van der Waals surface area contributed by atoms with Crippen LogP contribution in [0.2, 0.25) is 0 Å². The topological polar surface area (TPSA) is 9.23 Å². The molecule has 0 aromatic heterocycles. The fraction of sp³-hybridized carbons (Fsp3) is 0.538. The quantitative estimate of drug-likeness (QED) is 0.715. The molecule has 2 heteroatoms. The highest BCUT2D eigenvalue weighted by Crippen LogP contribution is 2.42. The molecular weight excluding hydrogens is 252 g/mol. The van der Waals surface area contributed by atoms with E-state index < -0.39 is 0 Å². The van der Waals surface area contributed by atoms with E-state index in [-0.39, 0.29) is 0 Å². The minimum atomic E-state index is 0.788. The van der Waals surface area contributed by atoms with Crippen molar-refractivity contribution in [1.82, 2.24) is 0 Å². The molecule has 0 unspecified atom stereocenters. The van der Waals surface area contributed by atoms with Gasteiger partial charge in [-0.15, -0.1) is 0 Å². The van der Waals surface area contributed by atoms with Gasteiger partial charge in [0.1, 0.15) is 5.75 Å². The minimum Gasteiger partial charge on any atom is -0.494 e. The molecule has 2 rings (SSSR count). The Morgan fingerprint density at radius 2 is 2.13 bits per heavy atom. The second kappa shape index (κ2) is 5.02. The molecule has 0 aliphatic heterocycles. The first-order valence-electron chi connectivity index (χ1n) is 5.73. The van der Waals surface area contributed by atoms with Crippen molar-refractivity contribution in [1.29, 1.82) is 0 Å². The van der Waals surface area contributed by atoms with Gasteiger partial charge in [0.25, 0.3) is 0 Å². The number of hydrogen-bond acceptors (Lipinski definition) is 1. The summed E-state index contributed by atoms with van der Waals surface area (Å²) >= 11 is 3.54. The van der Waals surface area contributed by atoms with E-state index in [9.17, 15) is 0 Å². The Balaban J connectivity index is 2.02. The lowest BCUT2D eigenvalue weighted by atomic mass is 10.1. The summed E-state index contributed by atoms with van der Waals surface area (Å²) in [5.74, 6) is 1.80. The first-order chi connectivity index (χ1) is 7.29. The molecule has 15 heavy (non-hydrogen) atoms. The van der Waals surface area contributed by atoms with Gasteiger partial charge in [0.2, 0.25) is 0 Å². The van der Waals surface area contributed by atoms with Crippen molar-refractivity contribution in [3.8, 4) is 5.75 Å². The van der Waals surface area contributed by atoms with Gasteiger partial charge >= 0.3 is 0 Å². The Kier molecular flexibility index (Phi) is 3.68. The van der Waals surface area contributed by atoms with Gasteiger partial charge in [0.15, 0.2) is 0 Å². The fourth-order valence-electron chi connectivity index (χ4n) is 1.65. The van der Waals surface area contributed by atoms with E-state index in [1.165, 1.54) is 24.8 Å². The molecule has 1 aliphatic carbocycles. The Labute approximate surface area is 100.0 Å². The van der Waals surface area contributed by atoms with Gasteiger partial charge in [-0.05, 0) is 48.9 Å². The predicted octanol–water partition coefficient (Wildman–Crippen LogP) is 4.51. The van der Waals surface area contributed by atoms with E-state index in [1.807, 2.05) is 0 Å². The molecule has 0 spiro atoms. The Morgan fingerprint density at radius 1 is 1.33 bits per heavy atom. The lowest BCUT2D eigenvalue weighted by Crippen LogP contribution is -1.97. The Bertz CT molecular complexity index is 331. The molecule has 1 saturated carbocycles. The van der Waals surface area contributed by atoms with Gasteiger partial charge in [-0.25, -0.2) is 0 Å². The third kappa shape index (κ3) is 3.23. The number of hydrogen-bond donors (Lipinski definition) is 0. The largest absolute Gasteiger partial charge is 0.494 e. The summed E-state index contributed by atoms with van der Waals surface area (Å²) in [6, 6.07) is 6.46. The molecule has 1 aliphatic rings. The Hall–Kier alpha value is -0.500. The van der Waals surface area contributed by atoms with Crippen LogP contribution in [0, 0.1) is 0 Å². The van der Waals surface area contributed by atoms with E-state index in [1.54, 1.807) is 0 Å². The molecule has 0 amide bonds. The van der Waals surface area contributed by atoms with E-state index in [0.29, 0.717) is 0 Å². The van der Waals surface area contributed by atoms with Crippen LogP contribution in [0.5, 0.6) is 5.75 Å². The van der Waals surface area contributed by atoms with Gasteiger partial charge in [0.05, 0.1) is 6.61 Å². The number of rotatable bonds is 5. The zero-order chi connectivity index (χ0) is 10.7. The van der Waals surface area contributed by atoms with Crippen molar-refractivity contribution in [3.05, 3.63) is 28.2 Å². The van der Waals surface area contributed by atoms with Crippen LogP contribution >= 0.6 is 15.9 Å². The van der Waals surface area contributed by atoms with Crippen LogP contribution in [0.3, 0.4) is 0 Å². The van der Waals surface area contributed by atoms with Crippen molar-refractivity contribution in [2.75, 3.05) is 6.61 Å². The lowest BCUT2D eigenvalue weighted by Gasteiger charge is -2.08. The second-order valence-corrected chi connectivity index (χ2v) is 5.11. The molecule has 1 nitrogen and oxygen atoms in total. The minimum absolute atomic E-state index is 0.788. The van der Waals surface area contributed by atoms with Gasteiger partial charge < -0.3 is 4.74 Å². The monoisotopic (exact) mass is 268 g/mol. The predicted molar refractivity (Wildman–Crippen MR) is 66.5 cm³/mol. The second-order valence-electron chi connectivity index (χ2n) is 4.20. The van der Waals surface area contributed by atoms with Crippen LogP contribution in [-0.4, -0.2) is 6.61 Å². The van der Waals surface area contributed by atoms with E-state index >= 15 is 0 Å². The van der Waals surface area contributed by atoms with E-state index in [2.05, 4.69) is 41.1 Å². The van der Waals surface area contributed by atoms with E-state index in [4.69, 9.17) is 4.74 Å². The number of halogens is 1. The molecular formula is C13H17BrO. The number of ether oxygens (including phenoxy) is 1. The van der Waals surface area contributed by atoms with Crippen molar-refractivity contribution in [3.63, 3.8) is 0 Å². The normalized spacial score (nSPS) is 15.3. The smallest absolute Gasteiger partial charge is 0.120 e. The highest BCUT2D eigenvalue weighted by molar-refractivity contribution is 9.10. The molecule has 0 saturated heterocycles. The summed E-state index contributed by atoms with van der Waals surface area (Å²) in [4.78, 5) is 0. The maximum Gasteiger partial charge on any atom is 0.120 e. The van der Waals surface area contributed by atoms with Gasteiger partial charge in [-0.1, -0.05) is 29.3 Å². The van der Waals surface area contributed by atoms with Crippen molar-refractivity contribution in [2.24, 2.45) is 0 Å². The molecule has 1 fully saturated rings. The average Bonchev–Trinajstić information content (AvgIpc) is 3.00. The third-order valence-electron chi connectivity index (χ3n) is 2.71. The lowest BCUT2D eigenvalue weighted by molar-refractivity contribution is 0.309. The van der Waals surface area contributed by atoms with E-state index in [0.717, 1.165) is 29.2 Å². The summed E-state index contributed by atoms with van der Waals surface area (Å²) in [6.07, 6.45) is 4.99. The zero-order valence-corrected chi connectivity index (χ0v) is 10.7. The molecule has 0 bridgehead atoms. The number of benzene rings is 1. The number of unbranched alkanes of at least 4 members (excludes halogenated alkanes) is 1. The van der Waals surface area contributed by atoms with Gasteiger partial charge in [-0.2, -0.15) is 0 Å². The van der Waals surface area contributed by atoms with Crippen LogP contribution in [-0.2, 0) is 0 Å². The van der Waals surface area contributed by atoms with Crippen LogP contribution in [0.4, 0.5) is 0 Å². The molecule has 0 atom stereocenters. The zero-order valence-electron chi connectivity index (χ0n) is 9.13. The Morgan fingerprint density at radius 3 is 2.80 bits per heavy atom. The summed E-state index contributed by atoms with van der Waals surface area (Å²) in [5, 5.41) is 0. The molecule has 0 radical (unpaired) electrons. The van der Waals surface area contributed by atoms with Crippen molar-refractivity contribution >= 4 is 15.9 Å². The SMILES string of the molecule is CCCCOc1cc(Br)cc(C2CC2)c1. The highest BCUT2D eigenvalue weighted by atomic mass is 79.9. The highest BCUT2D eigenvalue weighted by Gasteiger charge is 2.24. The summed E-state index contributed by atoms with van der Waals surface area (Å²) in [6.45, 7) is 3.01. The maximum atomic E-state index is 5.72. The summed E-state index contributed by atoms with van der Waals surface area (Å²) in [5.41, 5.74) is 1.43. The molecule has 0 heterocycles. The standard InChI is InChI=1S/C13H17BrO/c1-2-3-6-15-13-8-11(10-4-5-10)7-12(14)9-13/h7-10H,2-6H2,1H3. The van der Waals surface area contributed by atoms with Crippen LogP contribution in [0.25, 0.3) is 0 Å². The van der Waals surface area contributed by atoms with Gasteiger partial charge in [0, 0.05) is 4.47 Å². The first-order valence-corrected chi connectivity index (χ1v) is 6.52. The van der Waals surface area contributed by atoms with Crippen molar-refractivity contribution in [2.45, 2.75) is 38.5 Å².